The summed E-state index contributed by atoms with van der Waals surface area (Å²) < 4.78 is 0. The number of hydrogen-bond acceptors (Lipinski definition) is 3. The Morgan fingerprint density at radius 1 is 1.27 bits per heavy atom. The SMILES string of the molecule is N#CC1(CNC[C@H]2CCCC[C@@H]2NC(=O)c2ccc3cc[nH]c3c2)CC1. The Labute approximate surface area is 154 Å². The fourth-order valence-electron chi connectivity index (χ4n) is 4.06. The maximum Gasteiger partial charge on any atom is 0.251 e. The zero-order valence-electron chi connectivity index (χ0n) is 15.1. The van der Waals surface area contributed by atoms with Gasteiger partial charge >= 0.3 is 0 Å². The summed E-state index contributed by atoms with van der Waals surface area (Å²) in [6, 6.07) is 10.4. The van der Waals surface area contributed by atoms with Crippen molar-refractivity contribution in [2.24, 2.45) is 11.3 Å². The number of benzene rings is 1. The van der Waals surface area contributed by atoms with Crippen molar-refractivity contribution in [1.29, 1.82) is 5.26 Å². The molecular formula is C21H26N4O. The highest BCUT2D eigenvalue weighted by atomic mass is 16.1. The third kappa shape index (κ3) is 3.61. The Bertz CT molecular complexity index is 830. The molecule has 2 atom stereocenters. The zero-order chi connectivity index (χ0) is 18.0. The van der Waals surface area contributed by atoms with Gasteiger partial charge in [0.05, 0.1) is 11.5 Å². The van der Waals surface area contributed by atoms with E-state index >= 15 is 0 Å². The molecule has 5 heteroatoms. The van der Waals surface area contributed by atoms with Crippen LogP contribution >= 0.6 is 0 Å². The van der Waals surface area contributed by atoms with Gasteiger partial charge in [0.25, 0.3) is 5.91 Å². The number of hydrogen-bond donors (Lipinski definition) is 3. The fraction of sp³-hybridized carbons (Fsp3) is 0.524. The summed E-state index contributed by atoms with van der Waals surface area (Å²) in [5.74, 6) is 0.450. The van der Waals surface area contributed by atoms with E-state index in [4.69, 9.17) is 0 Å². The van der Waals surface area contributed by atoms with Gasteiger partial charge in [0.2, 0.25) is 0 Å². The number of fused-ring (bicyclic) bond motifs is 1. The average Bonchev–Trinajstić information content (AvgIpc) is 3.29. The third-order valence-electron chi connectivity index (χ3n) is 6.00. The summed E-state index contributed by atoms with van der Waals surface area (Å²) >= 11 is 0. The molecule has 1 aromatic carbocycles. The maximum absolute atomic E-state index is 12.7. The van der Waals surface area contributed by atoms with Crippen molar-refractivity contribution in [3.8, 4) is 6.07 Å². The first-order valence-electron chi connectivity index (χ1n) is 9.69. The molecule has 136 valence electrons. The van der Waals surface area contributed by atoms with Crippen LogP contribution in [0.4, 0.5) is 0 Å². The molecule has 4 rings (SSSR count). The highest BCUT2D eigenvalue weighted by Crippen LogP contribution is 2.44. The molecule has 2 aliphatic rings. The Morgan fingerprint density at radius 3 is 2.92 bits per heavy atom. The Kier molecular flexibility index (Phi) is 4.69. The van der Waals surface area contributed by atoms with E-state index in [0.717, 1.165) is 49.7 Å². The molecule has 2 aliphatic carbocycles. The number of carbonyl (C=O) groups is 1. The number of rotatable bonds is 6. The van der Waals surface area contributed by atoms with Gasteiger partial charge in [-0.1, -0.05) is 18.9 Å². The van der Waals surface area contributed by atoms with Crippen LogP contribution in [-0.2, 0) is 0 Å². The highest BCUT2D eigenvalue weighted by Gasteiger charge is 2.42. The number of nitrogens with one attached hydrogen (secondary N) is 3. The number of H-pyrrole nitrogens is 1. The first-order valence-corrected chi connectivity index (χ1v) is 9.69. The van der Waals surface area contributed by atoms with Crippen molar-refractivity contribution in [2.75, 3.05) is 13.1 Å². The van der Waals surface area contributed by atoms with Gasteiger partial charge in [-0.2, -0.15) is 5.26 Å². The second kappa shape index (κ2) is 7.13. The lowest BCUT2D eigenvalue weighted by Crippen LogP contribution is -2.46. The molecule has 0 bridgehead atoms. The van der Waals surface area contributed by atoms with Crippen molar-refractivity contribution in [1.82, 2.24) is 15.6 Å². The summed E-state index contributed by atoms with van der Waals surface area (Å²) in [7, 11) is 0. The van der Waals surface area contributed by atoms with E-state index in [1.165, 1.54) is 12.8 Å². The number of aromatic amines is 1. The summed E-state index contributed by atoms with van der Waals surface area (Å²) in [4.78, 5) is 15.9. The Morgan fingerprint density at radius 2 is 2.12 bits per heavy atom. The van der Waals surface area contributed by atoms with Crippen LogP contribution in [0.5, 0.6) is 0 Å². The summed E-state index contributed by atoms with van der Waals surface area (Å²) in [5, 5.41) is 17.1. The van der Waals surface area contributed by atoms with Gasteiger partial charge in [0.1, 0.15) is 0 Å². The number of amides is 1. The van der Waals surface area contributed by atoms with Crippen LogP contribution in [0.2, 0.25) is 0 Å². The molecule has 2 saturated carbocycles. The van der Waals surface area contributed by atoms with Crippen LogP contribution in [0.25, 0.3) is 10.9 Å². The van der Waals surface area contributed by atoms with Crippen LogP contribution in [-0.4, -0.2) is 30.0 Å². The summed E-state index contributed by atoms with van der Waals surface area (Å²) in [5.41, 5.74) is 1.59. The van der Waals surface area contributed by atoms with Gasteiger partial charge in [-0.25, -0.2) is 0 Å². The topological polar surface area (TPSA) is 80.7 Å². The minimum Gasteiger partial charge on any atom is -0.361 e. The Hall–Kier alpha value is -2.32. The predicted octanol–water partition coefficient (Wildman–Crippen LogP) is 3.35. The van der Waals surface area contributed by atoms with Crippen LogP contribution < -0.4 is 10.6 Å². The maximum atomic E-state index is 12.7. The molecule has 1 amide bonds. The van der Waals surface area contributed by atoms with Gasteiger partial charge in [-0.3, -0.25) is 4.79 Å². The molecular weight excluding hydrogens is 324 g/mol. The molecule has 3 N–H and O–H groups in total. The Balaban J connectivity index is 1.36. The van der Waals surface area contributed by atoms with Gasteiger partial charge < -0.3 is 15.6 Å². The molecule has 26 heavy (non-hydrogen) atoms. The molecule has 2 fully saturated rings. The van der Waals surface area contributed by atoms with E-state index in [9.17, 15) is 10.1 Å². The third-order valence-corrected chi connectivity index (χ3v) is 6.00. The van der Waals surface area contributed by atoms with Crippen LogP contribution in [0.1, 0.15) is 48.9 Å². The van der Waals surface area contributed by atoms with E-state index in [2.05, 4.69) is 21.7 Å². The summed E-state index contributed by atoms with van der Waals surface area (Å²) in [6.07, 6.45) is 8.48. The monoisotopic (exact) mass is 350 g/mol. The number of nitriles is 1. The van der Waals surface area contributed by atoms with E-state index in [1.54, 1.807) is 0 Å². The van der Waals surface area contributed by atoms with Crippen LogP contribution in [0.3, 0.4) is 0 Å². The van der Waals surface area contributed by atoms with Gasteiger partial charge in [0, 0.05) is 29.9 Å². The molecule has 1 aromatic heterocycles. The average molecular weight is 350 g/mol. The summed E-state index contributed by atoms with van der Waals surface area (Å²) in [6.45, 7) is 1.66. The number of aromatic nitrogens is 1. The fourth-order valence-corrected chi connectivity index (χ4v) is 4.06. The minimum absolute atomic E-state index is 0.00841. The molecule has 0 saturated heterocycles. The molecule has 5 nitrogen and oxygen atoms in total. The predicted molar refractivity (Wildman–Crippen MR) is 102 cm³/mol. The smallest absolute Gasteiger partial charge is 0.251 e. The van der Waals surface area contributed by atoms with E-state index in [0.29, 0.717) is 11.5 Å². The standard InChI is InChI=1S/C21H26N4O/c22-13-21(8-9-21)14-23-12-17-3-1-2-4-18(17)25-20(26)16-6-5-15-7-10-24-19(15)11-16/h5-7,10-11,17-18,23-24H,1-4,8-9,12,14H2,(H,25,26)/t17-,18+/m1/s1. The molecule has 2 aromatic rings. The van der Waals surface area contributed by atoms with E-state index in [-0.39, 0.29) is 17.4 Å². The lowest BCUT2D eigenvalue weighted by Gasteiger charge is -2.32. The highest BCUT2D eigenvalue weighted by molar-refractivity contribution is 5.98. The lowest BCUT2D eigenvalue weighted by atomic mass is 9.84. The van der Waals surface area contributed by atoms with Gasteiger partial charge in [-0.15, -0.1) is 0 Å². The van der Waals surface area contributed by atoms with Crippen molar-refractivity contribution in [2.45, 2.75) is 44.6 Å². The quantitative estimate of drug-likeness (QED) is 0.747. The van der Waals surface area contributed by atoms with Crippen molar-refractivity contribution >= 4 is 16.8 Å². The van der Waals surface area contributed by atoms with E-state index < -0.39 is 0 Å². The minimum atomic E-state index is -0.112. The van der Waals surface area contributed by atoms with Crippen molar-refractivity contribution in [3.05, 3.63) is 36.0 Å². The van der Waals surface area contributed by atoms with E-state index in [1.807, 2.05) is 30.5 Å². The van der Waals surface area contributed by atoms with Crippen LogP contribution in [0, 0.1) is 22.7 Å². The molecule has 0 radical (unpaired) electrons. The van der Waals surface area contributed by atoms with Crippen molar-refractivity contribution in [3.63, 3.8) is 0 Å². The molecule has 0 aliphatic heterocycles. The van der Waals surface area contributed by atoms with Gasteiger partial charge in [0.15, 0.2) is 0 Å². The van der Waals surface area contributed by atoms with Crippen molar-refractivity contribution < 1.29 is 4.79 Å². The zero-order valence-corrected chi connectivity index (χ0v) is 15.1. The number of carbonyl (C=O) groups excluding carboxylic acids is 1. The van der Waals surface area contributed by atoms with Crippen LogP contribution in [0.15, 0.2) is 30.5 Å². The largest absolute Gasteiger partial charge is 0.361 e. The normalized spacial score (nSPS) is 24.1. The lowest BCUT2D eigenvalue weighted by molar-refractivity contribution is 0.0905. The van der Waals surface area contributed by atoms with Gasteiger partial charge in [-0.05, 0) is 61.7 Å². The molecule has 0 spiro atoms. The second-order valence-corrected chi connectivity index (χ2v) is 7.93. The first-order chi connectivity index (χ1) is 12.7. The number of nitrogens with zero attached hydrogens (tertiary/aromatic N) is 1. The first kappa shape index (κ1) is 17.1. The second-order valence-electron chi connectivity index (χ2n) is 7.93. The molecule has 1 heterocycles. The molecule has 0 unspecified atom stereocenters.